The molecule has 2 atom stereocenters. The molecule has 2 aromatic rings. The van der Waals surface area contributed by atoms with Crippen LogP contribution in [0.1, 0.15) is 25.5 Å². The highest BCUT2D eigenvalue weighted by molar-refractivity contribution is 6.32. The topological polar surface area (TPSA) is 38.3 Å². The minimum atomic E-state index is -0.819. The second kappa shape index (κ2) is 7.42. The Labute approximate surface area is 138 Å². The Morgan fingerprint density at radius 2 is 1.70 bits per heavy atom. The van der Waals surface area contributed by atoms with Gasteiger partial charge in [-0.05, 0) is 49.7 Å². The van der Waals surface area contributed by atoms with Gasteiger partial charge in [0.05, 0.1) is 11.1 Å². The molecule has 0 aromatic heterocycles. The number of nitrogens with one attached hydrogen (secondary N) is 1. The van der Waals surface area contributed by atoms with Crippen LogP contribution in [-0.2, 0) is 4.79 Å². The molecule has 2 rings (SSSR count). The molecule has 0 unspecified atom stereocenters. The first-order chi connectivity index (χ1) is 10.9. The fourth-order valence-electron chi connectivity index (χ4n) is 1.98. The molecular weight excluding hydrogens is 324 g/mol. The highest BCUT2D eigenvalue weighted by Gasteiger charge is 2.19. The van der Waals surface area contributed by atoms with Crippen LogP contribution in [0.2, 0.25) is 5.02 Å². The molecule has 3 nitrogen and oxygen atoms in total. The van der Waals surface area contributed by atoms with Crippen molar-refractivity contribution in [3.8, 4) is 5.75 Å². The predicted octanol–water partition coefficient (Wildman–Crippen LogP) is 4.26. The minimum Gasteiger partial charge on any atom is -0.479 e. The van der Waals surface area contributed by atoms with Crippen LogP contribution in [0.4, 0.5) is 8.78 Å². The third-order valence-corrected chi connectivity index (χ3v) is 3.59. The van der Waals surface area contributed by atoms with Crippen LogP contribution in [0, 0.1) is 11.6 Å². The molecule has 0 bridgehead atoms. The summed E-state index contributed by atoms with van der Waals surface area (Å²) in [5, 5.41) is 2.86. The number of halogens is 3. The zero-order valence-electron chi connectivity index (χ0n) is 12.6. The third kappa shape index (κ3) is 4.66. The van der Waals surface area contributed by atoms with Crippen LogP contribution in [0.15, 0.2) is 42.5 Å². The van der Waals surface area contributed by atoms with E-state index in [2.05, 4.69) is 5.32 Å². The average Bonchev–Trinajstić information content (AvgIpc) is 2.50. The van der Waals surface area contributed by atoms with Crippen molar-refractivity contribution in [1.82, 2.24) is 5.32 Å². The third-order valence-electron chi connectivity index (χ3n) is 3.30. The lowest BCUT2D eigenvalue weighted by atomic mass is 10.1. The highest BCUT2D eigenvalue weighted by Crippen LogP contribution is 2.26. The lowest BCUT2D eigenvalue weighted by molar-refractivity contribution is -0.127. The molecule has 23 heavy (non-hydrogen) atoms. The van der Waals surface area contributed by atoms with Gasteiger partial charge < -0.3 is 10.1 Å². The van der Waals surface area contributed by atoms with E-state index in [1.807, 2.05) is 0 Å². The molecule has 0 saturated carbocycles. The largest absolute Gasteiger partial charge is 0.479 e. The van der Waals surface area contributed by atoms with Gasteiger partial charge in [0.1, 0.15) is 17.4 Å². The molecule has 1 N–H and O–H groups in total. The van der Waals surface area contributed by atoms with Crippen molar-refractivity contribution in [3.05, 3.63) is 64.7 Å². The number of carbonyl (C=O) groups is 1. The molecule has 0 heterocycles. The van der Waals surface area contributed by atoms with E-state index in [0.29, 0.717) is 0 Å². The second-order valence-electron chi connectivity index (χ2n) is 5.12. The molecule has 0 spiro atoms. The first-order valence-electron chi connectivity index (χ1n) is 7.04. The van der Waals surface area contributed by atoms with E-state index in [9.17, 15) is 13.6 Å². The normalized spacial score (nSPS) is 13.3. The van der Waals surface area contributed by atoms with Gasteiger partial charge in [-0.2, -0.15) is 0 Å². The molecular formula is C17H16ClF2NO2. The van der Waals surface area contributed by atoms with Crippen LogP contribution in [0.5, 0.6) is 5.75 Å². The van der Waals surface area contributed by atoms with Gasteiger partial charge in [0.2, 0.25) is 0 Å². The lowest BCUT2D eigenvalue weighted by Crippen LogP contribution is -2.37. The molecule has 2 aromatic carbocycles. The van der Waals surface area contributed by atoms with Crippen molar-refractivity contribution in [2.24, 2.45) is 0 Å². The molecule has 0 saturated heterocycles. The Kier molecular flexibility index (Phi) is 5.55. The summed E-state index contributed by atoms with van der Waals surface area (Å²) in [6.07, 6.45) is -0.819. The zero-order valence-corrected chi connectivity index (χ0v) is 13.4. The molecule has 122 valence electrons. The Morgan fingerprint density at radius 1 is 1.09 bits per heavy atom. The Morgan fingerprint density at radius 3 is 2.30 bits per heavy atom. The minimum absolute atomic E-state index is 0.0937. The van der Waals surface area contributed by atoms with Crippen molar-refractivity contribution in [2.45, 2.75) is 26.0 Å². The number of amides is 1. The summed E-state index contributed by atoms with van der Waals surface area (Å²) in [7, 11) is 0. The van der Waals surface area contributed by atoms with E-state index in [1.165, 1.54) is 24.3 Å². The van der Waals surface area contributed by atoms with Gasteiger partial charge in [-0.3, -0.25) is 4.79 Å². The summed E-state index contributed by atoms with van der Waals surface area (Å²) in [6.45, 7) is 3.34. The lowest BCUT2D eigenvalue weighted by Gasteiger charge is -2.19. The van der Waals surface area contributed by atoms with Crippen molar-refractivity contribution in [3.63, 3.8) is 0 Å². The number of ether oxygens (including phenoxy) is 1. The Bertz CT molecular complexity index is 691. The summed E-state index contributed by atoms with van der Waals surface area (Å²) >= 11 is 5.86. The van der Waals surface area contributed by atoms with Crippen molar-refractivity contribution in [1.29, 1.82) is 0 Å². The smallest absolute Gasteiger partial charge is 0.261 e. The number of rotatable bonds is 5. The van der Waals surface area contributed by atoms with Gasteiger partial charge in [0, 0.05) is 0 Å². The van der Waals surface area contributed by atoms with E-state index >= 15 is 0 Å². The first-order valence-corrected chi connectivity index (χ1v) is 7.42. The van der Waals surface area contributed by atoms with Gasteiger partial charge in [0.15, 0.2) is 6.10 Å². The molecule has 0 aliphatic heterocycles. The van der Waals surface area contributed by atoms with E-state index in [-0.39, 0.29) is 28.5 Å². The molecule has 0 fully saturated rings. The van der Waals surface area contributed by atoms with Gasteiger partial charge in [-0.15, -0.1) is 0 Å². The van der Waals surface area contributed by atoms with Crippen molar-refractivity contribution < 1.29 is 18.3 Å². The SMILES string of the molecule is C[C@@H](Oc1ccc(F)cc1Cl)C(=O)N[C@H](C)c1ccc(F)cc1. The standard InChI is InChI=1S/C17H16ClF2NO2/c1-10(12-3-5-13(19)6-4-12)21-17(22)11(2)23-16-8-7-14(20)9-15(16)18/h3-11H,1-2H3,(H,21,22)/t10-,11-/m1/s1. The maximum atomic E-state index is 13.0. The van der Waals surface area contributed by atoms with Crippen molar-refractivity contribution >= 4 is 17.5 Å². The summed E-state index contributed by atoms with van der Waals surface area (Å²) in [6, 6.07) is 9.23. The van der Waals surface area contributed by atoms with E-state index in [0.717, 1.165) is 11.6 Å². The van der Waals surface area contributed by atoms with Gasteiger partial charge >= 0.3 is 0 Å². The van der Waals surface area contributed by atoms with Crippen LogP contribution in [0.3, 0.4) is 0 Å². The summed E-state index contributed by atoms with van der Waals surface area (Å²) in [5.41, 5.74) is 0.770. The number of benzene rings is 2. The molecule has 0 aliphatic rings. The van der Waals surface area contributed by atoms with Crippen LogP contribution < -0.4 is 10.1 Å². The predicted molar refractivity (Wildman–Crippen MR) is 84.5 cm³/mol. The van der Waals surface area contributed by atoms with Gasteiger partial charge in [-0.1, -0.05) is 23.7 Å². The van der Waals surface area contributed by atoms with Crippen LogP contribution >= 0.6 is 11.6 Å². The first kappa shape index (κ1) is 17.2. The quantitative estimate of drug-likeness (QED) is 0.883. The van der Waals surface area contributed by atoms with E-state index in [4.69, 9.17) is 16.3 Å². The summed E-state index contributed by atoms with van der Waals surface area (Å²) in [5.74, 6) is -0.952. The Hall–Kier alpha value is -2.14. The summed E-state index contributed by atoms with van der Waals surface area (Å²) < 4.78 is 31.3. The maximum absolute atomic E-state index is 13.0. The van der Waals surface area contributed by atoms with E-state index < -0.39 is 11.9 Å². The molecule has 1 amide bonds. The van der Waals surface area contributed by atoms with Gasteiger partial charge in [-0.25, -0.2) is 8.78 Å². The number of carbonyl (C=O) groups excluding carboxylic acids is 1. The fourth-order valence-corrected chi connectivity index (χ4v) is 2.19. The van der Waals surface area contributed by atoms with Crippen molar-refractivity contribution in [2.75, 3.05) is 0 Å². The number of hydrogen-bond acceptors (Lipinski definition) is 2. The average molecular weight is 340 g/mol. The van der Waals surface area contributed by atoms with Crippen LogP contribution in [-0.4, -0.2) is 12.0 Å². The molecule has 0 radical (unpaired) electrons. The van der Waals surface area contributed by atoms with E-state index in [1.54, 1.807) is 26.0 Å². The second-order valence-corrected chi connectivity index (χ2v) is 5.52. The molecule has 6 heteroatoms. The Balaban J connectivity index is 1.98. The van der Waals surface area contributed by atoms with Gasteiger partial charge in [0.25, 0.3) is 5.91 Å². The summed E-state index contributed by atoms with van der Waals surface area (Å²) in [4.78, 5) is 12.1. The molecule has 0 aliphatic carbocycles. The fraction of sp³-hybridized carbons (Fsp3) is 0.235. The zero-order chi connectivity index (χ0) is 17.0. The maximum Gasteiger partial charge on any atom is 0.261 e. The monoisotopic (exact) mass is 339 g/mol. The number of hydrogen-bond donors (Lipinski definition) is 1. The van der Waals surface area contributed by atoms with Crippen LogP contribution in [0.25, 0.3) is 0 Å². The highest BCUT2D eigenvalue weighted by atomic mass is 35.5.